The Morgan fingerprint density at radius 1 is 1.00 bits per heavy atom. The summed E-state index contributed by atoms with van der Waals surface area (Å²) in [5.74, 6) is 1.25. The van der Waals surface area contributed by atoms with Crippen LogP contribution in [0.4, 0.5) is 0 Å². The van der Waals surface area contributed by atoms with Crippen LogP contribution in [0.2, 0.25) is 0 Å². The van der Waals surface area contributed by atoms with Crippen molar-refractivity contribution in [1.82, 2.24) is 10.2 Å². The number of benzene rings is 2. The molecule has 216 valence electrons. The van der Waals surface area contributed by atoms with Gasteiger partial charge in [0, 0.05) is 45.0 Å². The van der Waals surface area contributed by atoms with Crippen LogP contribution in [0.1, 0.15) is 82.3 Å². The van der Waals surface area contributed by atoms with Crippen LogP contribution in [-0.2, 0) is 26.2 Å². The van der Waals surface area contributed by atoms with Gasteiger partial charge in [-0.25, -0.2) is 0 Å². The number of amides is 1. The van der Waals surface area contributed by atoms with Gasteiger partial charge in [-0.05, 0) is 93.5 Å². The highest BCUT2D eigenvalue weighted by molar-refractivity contribution is 5.76. The number of likely N-dealkylation sites (tertiary alicyclic amines) is 1. The maximum atomic E-state index is 13.0. The van der Waals surface area contributed by atoms with Crippen molar-refractivity contribution < 1.29 is 19.1 Å². The van der Waals surface area contributed by atoms with E-state index < -0.39 is 0 Å². The number of unbranched alkanes of at least 4 members (excludes halogenated alkanes) is 2. The molecule has 3 fully saturated rings. The molecule has 2 saturated carbocycles. The molecule has 0 bridgehead atoms. The van der Waals surface area contributed by atoms with Crippen LogP contribution >= 0.6 is 0 Å². The lowest BCUT2D eigenvalue weighted by atomic mass is 9.55. The largest absolute Gasteiger partial charge is 0.427 e. The number of aryl methyl sites for hydroxylation is 1. The molecule has 1 aliphatic heterocycles. The van der Waals surface area contributed by atoms with Gasteiger partial charge in [-0.2, -0.15) is 0 Å². The van der Waals surface area contributed by atoms with Crippen LogP contribution < -0.4 is 10.1 Å². The van der Waals surface area contributed by atoms with Gasteiger partial charge < -0.3 is 19.7 Å². The van der Waals surface area contributed by atoms with Crippen LogP contribution in [0, 0.1) is 5.92 Å². The Bertz CT molecular complexity index is 1150. The summed E-state index contributed by atoms with van der Waals surface area (Å²) in [5, 5.41) is 3.40. The second kappa shape index (κ2) is 12.9. The minimum absolute atomic E-state index is 0.104. The summed E-state index contributed by atoms with van der Waals surface area (Å²) in [7, 11) is 1.86. The molecule has 1 N–H and O–H groups in total. The third-order valence-corrected chi connectivity index (χ3v) is 9.53. The smallest absolute Gasteiger partial charge is 0.308 e. The first kappa shape index (κ1) is 28.8. The molecular weight excluding hydrogens is 500 g/mol. The lowest BCUT2D eigenvalue weighted by Gasteiger charge is -2.60. The molecule has 6 nitrogen and oxygen atoms in total. The quantitative estimate of drug-likeness (QED) is 0.206. The molecule has 3 atom stereocenters. The van der Waals surface area contributed by atoms with Crippen molar-refractivity contribution in [3.05, 3.63) is 65.7 Å². The summed E-state index contributed by atoms with van der Waals surface area (Å²) >= 11 is 0. The van der Waals surface area contributed by atoms with Gasteiger partial charge in [-0.3, -0.25) is 9.59 Å². The number of esters is 1. The lowest BCUT2D eigenvalue weighted by molar-refractivity contribution is -0.151. The molecule has 1 saturated heterocycles. The molecule has 0 unspecified atom stereocenters. The number of nitrogens with one attached hydrogen (secondary N) is 1. The summed E-state index contributed by atoms with van der Waals surface area (Å²) < 4.78 is 12.0. The van der Waals surface area contributed by atoms with Gasteiger partial charge >= 0.3 is 5.97 Å². The van der Waals surface area contributed by atoms with E-state index >= 15 is 0 Å². The first-order valence-electron chi connectivity index (χ1n) is 15.3. The molecule has 3 aliphatic rings. The monoisotopic (exact) mass is 546 g/mol. The Kier molecular flexibility index (Phi) is 9.27. The number of carbonyl (C=O) groups is 2. The van der Waals surface area contributed by atoms with Crippen molar-refractivity contribution in [2.75, 3.05) is 26.7 Å². The fourth-order valence-corrected chi connectivity index (χ4v) is 7.30. The SMILES string of the molecule is CO[C@]12CC[C@@H](NC(=O)CCCCCc3ccccc3)C[C@]1(c1cccc(OC(C)=O)c1)CCN(CC1CC1)C2. The maximum absolute atomic E-state index is 13.0. The molecule has 2 aromatic carbocycles. The zero-order valence-corrected chi connectivity index (χ0v) is 24.3. The molecular formula is C34H46N2O4. The van der Waals surface area contributed by atoms with Crippen molar-refractivity contribution in [3.8, 4) is 5.75 Å². The van der Waals surface area contributed by atoms with Gasteiger partial charge in [0.2, 0.25) is 5.91 Å². The number of fused-ring (bicyclic) bond motifs is 1. The number of hydrogen-bond acceptors (Lipinski definition) is 5. The molecule has 6 heteroatoms. The highest BCUT2D eigenvalue weighted by atomic mass is 16.5. The molecule has 0 radical (unpaired) electrons. The van der Waals surface area contributed by atoms with Crippen LogP contribution in [0.5, 0.6) is 5.75 Å². The van der Waals surface area contributed by atoms with Crippen molar-refractivity contribution in [1.29, 1.82) is 0 Å². The summed E-state index contributed by atoms with van der Waals surface area (Å²) in [6.07, 6.45) is 11.0. The van der Waals surface area contributed by atoms with Gasteiger partial charge in [-0.15, -0.1) is 0 Å². The number of piperidine rings is 1. The molecule has 40 heavy (non-hydrogen) atoms. The molecule has 0 spiro atoms. The molecule has 1 amide bonds. The maximum Gasteiger partial charge on any atom is 0.308 e. The number of nitrogens with zero attached hydrogens (tertiary/aromatic N) is 1. The second-order valence-electron chi connectivity index (χ2n) is 12.4. The molecule has 0 aromatic heterocycles. The summed E-state index contributed by atoms with van der Waals surface area (Å²) in [6.45, 7) is 4.51. The van der Waals surface area contributed by atoms with E-state index in [9.17, 15) is 9.59 Å². The molecule has 2 aromatic rings. The topological polar surface area (TPSA) is 67.9 Å². The predicted molar refractivity (Wildman–Crippen MR) is 157 cm³/mol. The first-order valence-corrected chi connectivity index (χ1v) is 15.3. The van der Waals surface area contributed by atoms with Crippen LogP contribution in [0.3, 0.4) is 0 Å². The minimum Gasteiger partial charge on any atom is -0.427 e. The second-order valence-corrected chi connectivity index (χ2v) is 12.4. The van der Waals surface area contributed by atoms with E-state index in [1.54, 1.807) is 0 Å². The lowest BCUT2D eigenvalue weighted by Crippen LogP contribution is -2.68. The Balaban J connectivity index is 1.26. The zero-order valence-electron chi connectivity index (χ0n) is 24.3. The highest BCUT2D eigenvalue weighted by Crippen LogP contribution is 2.54. The van der Waals surface area contributed by atoms with E-state index in [0.29, 0.717) is 12.2 Å². The van der Waals surface area contributed by atoms with Crippen molar-refractivity contribution >= 4 is 11.9 Å². The number of methoxy groups -OCH3 is 1. The van der Waals surface area contributed by atoms with E-state index in [2.05, 4.69) is 40.5 Å². The average molecular weight is 547 g/mol. The number of hydrogen-bond donors (Lipinski definition) is 1. The third kappa shape index (κ3) is 6.77. The standard InChI is InChI=1S/C34H46N2O4/c1-26(37)40-31-14-9-13-29(22-31)33-20-21-36(24-28-16-17-28)25-34(33,39-2)19-18-30(23-33)35-32(38)15-8-4-7-12-27-10-5-3-6-11-27/h3,5-6,9-11,13-14,22,28,30H,4,7-8,12,15-21,23-25H2,1-2H3,(H,35,38)/t30-,33+,34+/m1/s1. The molecule has 2 aliphatic carbocycles. The zero-order chi connectivity index (χ0) is 28.0. The Hall–Kier alpha value is -2.70. The van der Waals surface area contributed by atoms with Crippen LogP contribution in [0.15, 0.2) is 54.6 Å². The minimum atomic E-state index is -0.340. The first-order chi connectivity index (χ1) is 19.4. The molecule has 1 heterocycles. The van der Waals surface area contributed by atoms with Gasteiger partial charge in [0.1, 0.15) is 5.75 Å². The number of carbonyl (C=O) groups excluding carboxylic acids is 2. The summed E-state index contributed by atoms with van der Waals surface area (Å²) in [4.78, 5) is 27.4. The van der Waals surface area contributed by atoms with Gasteiger partial charge in [-0.1, -0.05) is 48.9 Å². The highest BCUT2D eigenvalue weighted by Gasteiger charge is 2.59. The van der Waals surface area contributed by atoms with Crippen molar-refractivity contribution in [3.63, 3.8) is 0 Å². The summed E-state index contributed by atoms with van der Waals surface area (Å²) in [6, 6.07) is 18.7. The third-order valence-electron chi connectivity index (χ3n) is 9.53. The number of rotatable bonds is 12. The predicted octanol–water partition coefficient (Wildman–Crippen LogP) is 5.82. The van der Waals surface area contributed by atoms with E-state index in [1.165, 1.54) is 25.3 Å². The van der Waals surface area contributed by atoms with E-state index in [0.717, 1.165) is 82.5 Å². The average Bonchev–Trinajstić information content (AvgIpc) is 3.77. The van der Waals surface area contributed by atoms with Gasteiger partial charge in [0.05, 0.1) is 5.60 Å². The van der Waals surface area contributed by atoms with Crippen LogP contribution in [-0.4, -0.2) is 55.2 Å². The number of ether oxygens (including phenoxy) is 2. The van der Waals surface area contributed by atoms with Crippen molar-refractivity contribution in [2.45, 2.75) is 94.6 Å². The Morgan fingerprint density at radius 2 is 1.82 bits per heavy atom. The Labute approximate surface area is 239 Å². The normalized spacial score (nSPS) is 26.6. The Morgan fingerprint density at radius 3 is 2.58 bits per heavy atom. The van der Waals surface area contributed by atoms with Crippen LogP contribution in [0.25, 0.3) is 0 Å². The van der Waals surface area contributed by atoms with E-state index in [-0.39, 0.29) is 28.9 Å². The van der Waals surface area contributed by atoms with Crippen molar-refractivity contribution in [2.24, 2.45) is 5.92 Å². The van der Waals surface area contributed by atoms with Gasteiger partial charge in [0.25, 0.3) is 0 Å². The fraction of sp³-hybridized carbons (Fsp3) is 0.588. The fourth-order valence-electron chi connectivity index (χ4n) is 7.30. The van der Waals surface area contributed by atoms with Gasteiger partial charge in [0.15, 0.2) is 0 Å². The van der Waals surface area contributed by atoms with E-state index in [1.807, 2.05) is 31.4 Å². The van der Waals surface area contributed by atoms with E-state index in [4.69, 9.17) is 9.47 Å². The molecule has 5 rings (SSSR count). The summed E-state index contributed by atoms with van der Waals surface area (Å²) in [5.41, 5.74) is 1.92.